The zero-order valence-electron chi connectivity index (χ0n) is 14.7. The molecule has 0 aliphatic carbocycles. The van der Waals surface area contributed by atoms with Gasteiger partial charge in [0.25, 0.3) is 0 Å². The molecule has 1 aliphatic rings. The van der Waals surface area contributed by atoms with Crippen molar-refractivity contribution >= 4 is 22.8 Å². The first-order valence-electron chi connectivity index (χ1n) is 8.36. The number of nitrogens with zero attached hydrogens (tertiary/aromatic N) is 2. The zero-order valence-corrected chi connectivity index (χ0v) is 14.7. The smallest absolute Gasteiger partial charge is 0.295 e. The summed E-state index contributed by atoms with van der Waals surface area (Å²) in [5, 5.41) is 2.28. The Labute approximate surface area is 141 Å². The lowest BCUT2D eigenvalue weighted by atomic mass is 10.1. The molecule has 3 rings (SSSR count). The van der Waals surface area contributed by atoms with E-state index < -0.39 is 11.9 Å². The Bertz CT molecular complexity index is 801. The van der Waals surface area contributed by atoms with E-state index in [0.29, 0.717) is 11.9 Å². The number of hydrogen-bond donors (Lipinski definition) is 1. The highest BCUT2D eigenvalue weighted by atomic mass is 16.2. The highest BCUT2D eigenvalue weighted by Gasteiger charge is 2.30. The van der Waals surface area contributed by atoms with Gasteiger partial charge in [0.2, 0.25) is 11.8 Å². The molecular formula is C18H25N3O3. The van der Waals surface area contributed by atoms with Crippen molar-refractivity contribution in [3.05, 3.63) is 34.7 Å². The first-order valence-corrected chi connectivity index (χ1v) is 8.36. The van der Waals surface area contributed by atoms with Crippen LogP contribution in [0.1, 0.15) is 46.1 Å². The SMILES string of the molecule is CCC(C)C.Cn1c(=O)n(C2CCC(=O)NC2=O)c2ccccc21. The molecule has 1 aromatic carbocycles. The van der Waals surface area contributed by atoms with Crippen LogP contribution in [0.5, 0.6) is 0 Å². The van der Waals surface area contributed by atoms with E-state index in [1.165, 1.54) is 15.6 Å². The number of piperidine rings is 1. The maximum absolute atomic E-state index is 12.3. The Morgan fingerprint density at radius 1 is 1.17 bits per heavy atom. The number of carbonyl (C=O) groups is 2. The first kappa shape index (κ1) is 18.0. The van der Waals surface area contributed by atoms with Gasteiger partial charge in [-0.25, -0.2) is 4.79 Å². The molecule has 1 saturated heterocycles. The third-order valence-electron chi connectivity index (χ3n) is 4.33. The average Bonchev–Trinajstić information content (AvgIpc) is 2.80. The molecule has 2 heterocycles. The zero-order chi connectivity index (χ0) is 17.9. The van der Waals surface area contributed by atoms with E-state index in [1.54, 1.807) is 13.1 Å². The summed E-state index contributed by atoms with van der Waals surface area (Å²) in [6, 6.07) is 6.69. The molecule has 24 heavy (non-hydrogen) atoms. The highest BCUT2D eigenvalue weighted by molar-refractivity contribution is 6.00. The number of aromatic nitrogens is 2. The number of para-hydroxylation sites is 2. The van der Waals surface area contributed by atoms with Crippen molar-refractivity contribution in [2.75, 3.05) is 0 Å². The predicted molar refractivity (Wildman–Crippen MR) is 93.7 cm³/mol. The molecule has 0 bridgehead atoms. The summed E-state index contributed by atoms with van der Waals surface area (Å²) in [5.74, 6) is 0.194. The number of aryl methyl sites for hydroxylation is 1. The number of amides is 2. The van der Waals surface area contributed by atoms with E-state index in [2.05, 4.69) is 26.1 Å². The molecule has 130 valence electrons. The van der Waals surface area contributed by atoms with Crippen molar-refractivity contribution in [1.29, 1.82) is 0 Å². The van der Waals surface area contributed by atoms with Crippen LogP contribution in [-0.4, -0.2) is 20.9 Å². The summed E-state index contributed by atoms with van der Waals surface area (Å²) in [6.07, 6.45) is 1.92. The Morgan fingerprint density at radius 2 is 1.75 bits per heavy atom. The Balaban J connectivity index is 0.000000368. The summed E-state index contributed by atoms with van der Waals surface area (Å²) in [6.45, 7) is 6.64. The number of nitrogens with one attached hydrogen (secondary N) is 1. The minimum atomic E-state index is -0.615. The number of imide groups is 1. The van der Waals surface area contributed by atoms with Crippen LogP contribution in [0, 0.1) is 5.92 Å². The lowest BCUT2D eigenvalue weighted by molar-refractivity contribution is -0.135. The number of hydrogen-bond acceptors (Lipinski definition) is 3. The van der Waals surface area contributed by atoms with Crippen LogP contribution >= 0.6 is 0 Å². The molecule has 1 N–H and O–H groups in total. The van der Waals surface area contributed by atoms with Gasteiger partial charge >= 0.3 is 5.69 Å². The van der Waals surface area contributed by atoms with Crippen molar-refractivity contribution in [1.82, 2.24) is 14.5 Å². The summed E-state index contributed by atoms with van der Waals surface area (Å²) in [7, 11) is 1.67. The molecule has 2 aromatic rings. The van der Waals surface area contributed by atoms with Gasteiger partial charge in [0.1, 0.15) is 6.04 Å². The fourth-order valence-electron chi connectivity index (χ4n) is 2.55. The number of carbonyl (C=O) groups excluding carboxylic acids is 2. The molecule has 6 heteroatoms. The predicted octanol–water partition coefficient (Wildman–Crippen LogP) is 2.37. The second-order valence-electron chi connectivity index (χ2n) is 6.47. The van der Waals surface area contributed by atoms with Crippen LogP contribution in [0.2, 0.25) is 0 Å². The van der Waals surface area contributed by atoms with Crippen molar-refractivity contribution in [3.8, 4) is 0 Å². The van der Waals surface area contributed by atoms with Crippen molar-refractivity contribution in [2.45, 2.75) is 46.1 Å². The van der Waals surface area contributed by atoms with Crippen LogP contribution in [0.25, 0.3) is 11.0 Å². The van der Waals surface area contributed by atoms with Gasteiger partial charge in [0, 0.05) is 13.5 Å². The van der Waals surface area contributed by atoms with Crippen molar-refractivity contribution in [3.63, 3.8) is 0 Å². The number of imidazole rings is 1. The van der Waals surface area contributed by atoms with E-state index >= 15 is 0 Å². The fourth-order valence-corrected chi connectivity index (χ4v) is 2.55. The molecule has 0 saturated carbocycles. The van der Waals surface area contributed by atoms with Gasteiger partial charge in [-0.2, -0.15) is 0 Å². The molecule has 0 spiro atoms. The molecular weight excluding hydrogens is 306 g/mol. The van der Waals surface area contributed by atoms with Gasteiger partial charge in [-0.1, -0.05) is 39.3 Å². The van der Waals surface area contributed by atoms with Crippen molar-refractivity contribution in [2.24, 2.45) is 13.0 Å². The maximum Gasteiger partial charge on any atom is 0.329 e. The maximum atomic E-state index is 12.3. The number of fused-ring (bicyclic) bond motifs is 1. The Kier molecular flexibility index (Phi) is 5.59. The summed E-state index contributed by atoms with van der Waals surface area (Å²) in [4.78, 5) is 35.4. The quantitative estimate of drug-likeness (QED) is 0.859. The third-order valence-corrected chi connectivity index (χ3v) is 4.33. The summed E-state index contributed by atoms with van der Waals surface area (Å²) >= 11 is 0. The minimum absolute atomic E-state index is 0.240. The molecule has 1 atom stereocenters. The van der Waals surface area contributed by atoms with Gasteiger partial charge in [-0.05, 0) is 24.5 Å². The van der Waals surface area contributed by atoms with E-state index in [0.717, 1.165) is 11.4 Å². The van der Waals surface area contributed by atoms with E-state index in [4.69, 9.17) is 0 Å². The van der Waals surface area contributed by atoms with E-state index in [-0.39, 0.29) is 18.0 Å². The van der Waals surface area contributed by atoms with Gasteiger partial charge in [0.15, 0.2) is 0 Å². The largest absolute Gasteiger partial charge is 0.329 e. The third kappa shape index (κ3) is 3.58. The topological polar surface area (TPSA) is 73.1 Å². The average molecular weight is 331 g/mol. The second kappa shape index (κ2) is 7.47. The van der Waals surface area contributed by atoms with Crippen LogP contribution in [-0.2, 0) is 16.6 Å². The normalized spacial score (nSPS) is 17.6. The molecule has 1 aliphatic heterocycles. The Morgan fingerprint density at radius 3 is 2.29 bits per heavy atom. The number of benzene rings is 1. The standard InChI is InChI=1S/C13H13N3O3.C5H12/c1-15-8-4-2-3-5-9(8)16(13(15)19)10-6-7-11(17)14-12(10)18;1-4-5(2)3/h2-5,10H,6-7H2,1H3,(H,14,17,18);5H,4H2,1-3H3. The van der Waals surface area contributed by atoms with Gasteiger partial charge in [-0.15, -0.1) is 0 Å². The van der Waals surface area contributed by atoms with Gasteiger partial charge in [0.05, 0.1) is 11.0 Å². The minimum Gasteiger partial charge on any atom is -0.295 e. The van der Waals surface area contributed by atoms with Crippen LogP contribution in [0.3, 0.4) is 0 Å². The van der Waals surface area contributed by atoms with Crippen LogP contribution < -0.4 is 11.0 Å². The molecule has 1 aromatic heterocycles. The fraction of sp³-hybridized carbons (Fsp3) is 0.500. The lowest BCUT2D eigenvalue weighted by Gasteiger charge is -2.21. The summed E-state index contributed by atoms with van der Waals surface area (Å²) < 4.78 is 2.98. The molecule has 0 radical (unpaired) electrons. The van der Waals surface area contributed by atoms with Crippen LogP contribution in [0.15, 0.2) is 29.1 Å². The van der Waals surface area contributed by atoms with E-state index in [9.17, 15) is 14.4 Å². The van der Waals surface area contributed by atoms with Gasteiger partial charge in [-0.3, -0.25) is 24.0 Å². The lowest BCUT2D eigenvalue weighted by Crippen LogP contribution is -2.44. The molecule has 2 amide bonds. The monoisotopic (exact) mass is 331 g/mol. The Hall–Kier alpha value is -2.37. The summed E-state index contributed by atoms with van der Waals surface area (Å²) in [5.41, 5.74) is 1.25. The first-order chi connectivity index (χ1) is 11.4. The van der Waals surface area contributed by atoms with E-state index in [1.807, 2.05) is 18.2 Å². The van der Waals surface area contributed by atoms with Crippen LogP contribution in [0.4, 0.5) is 0 Å². The molecule has 6 nitrogen and oxygen atoms in total. The highest BCUT2D eigenvalue weighted by Crippen LogP contribution is 2.22. The van der Waals surface area contributed by atoms with Gasteiger partial charge < -0.3 is 0 Å². The molecule has 1 fully saturated rings. The number of rotatable bonds is 2. The van der Waals surface area contributed by atoms with Crippen molar-refractivity contribution < 1.29 is 9.59 Å². The molecule has 1 unspecified atom stereocenters. The second-order valence-corrected chi connectivity index (χ2v) is 6.47.